The fourth-order valence-electron chi connectivity index (χ4n) is 4.05. The summed E-state index contributed by atoms with van der Waals surface area (Å²) in [6.07, 6.45) is 10.6. The van der Waals surface area contributed by atoms with Crippen molar-refractivity contribution in [3.8, 4) is 0 Å². The molecule has 3 aliphatic rings. The first-order valence-electron chi connectivity index (χ1n) is 7.87. The number of nitrogens with one attached hydrogen (secondary N) is 1. The Morgan fingerprint density at radius 1 is 1.05 bits per heavy atom. The molecule has 1 nitrogen and oxygen atoms in total. The van der Waals surface area contributed by atoms with Gasteiger partial charge in [0.05, 0.1) is 0 Å². The van der Waals surface area contributed by atoms with Crippen molar-refractivity contribution < 1.29 is 0 Å². The van der Waals surface area contributed by atoms with Crippen LogP contribution in [0.15, 0.2) is 42.5 Å². The van der Waals surface area contributed by atoms with E-state index in [0.717, 1.165) is 23.7 Å². The fourth-order valence-corrected chi connectivity index (χ4v) is 4.05. The number of allylic oxidation sites excluding steroid dienone is 2. The largest absolute Gasteiger partial charge is 0.309 e. The zero-order valence-electron chi connectivity index (χ0n) is 11.5. The smallest absolute Gasteiger partial charge is 0.0348 e. The Balaban J connectivity index is 1.41. The van der Waals surface area contributed by atoms with Crippen LogP contribution in [0, 0.1) is 23.7 Å². The lowest BCUT2D eigenvalue weighted by Crippen LogP contribution is -2.30. The van der Waals surface area contributed by atoms with Gasteiger partial charge >= 0.3 is 0 Å². The number of hydrogen-bond acceptors (Lipinski definition) is 1. The van der Waals surface area contributed by atoms with Gasteiger partial charge in [-0.1, -0.05) is 42.5 Å². The molecule has 100 valence electrons. The van der Waals surface area contributed by atoms with Crippen LogP contribution in [-0.4, -0.2) is 6.54 Å². The van der Waals surface area contributed by atoms with E-state index in [1.54, 1.807) is 0 Å². The van der Waals surface area contributed by atoms with Crippen LogP contribution in [0.4, 0.5) is 0 Å². The van der Waals surface area contributed by atoms with Crippen molar-refractivity contribution in [2.24, 2.45) is 23.7 Å². The molecule has 19 heavy (non-hydrogen) atoms. The second-order valence-corrected chi connectivity index (χ2v) is 6.67. The summed E-state index contributed by atoms with van der Waals surface area (Å²) in [6.45, 7) is 1.21. The van der Waals surface area contributed by atoms with Gasteiger partial charge in [0, 0.05) is 6.04 Å². The molecule has 0 heterocycles. The van der Waals surface area contributed by atoms with Gasteiger partial charge in [-0.2, -0.15) is 0 Å². The van der Waals surface area contributed by atoms with Crippen molar-refractivity contribution in [3.05, 3.63) is 48.0 Å². The molecular weight excluding hydrogens is 230 g/mol. The fraction of sp³-hybridized carbons (Fsp3) is 0.556. The lowest BCUT2D eigenvalue weighted by molar-refractivity contribution is 0.369. The average molecular weight is 253 g/mol. The summed E-state index contributed by atoms with van der Waals surface area (Å²) in [5, 5.41) is 3.89. The molecule has 1 heteroatoms. The minimum atomic E-state index is 0.601. The minimum absolute atomic E-state index is 0.601. The first kappa shape index (κ1) is 11.7. The summed E-state index contributed by atoms with van der Waals surface area (Å²) < 4.78 is 0. The van der Waals surface area contributed by atoms with E-state index >= 15 is 0 Å². The van der Waals surface area contributed by atoms with Crippen LogP contribution >= 0.6 is 0 Å². The molecule has 4 rings (SSSR count). The van der Waals surface area contributed by atoms with Gasteiger partial charge in [0.15, 0.2) is 0 Å². The van der Waals surface area contributed by atoms with Crippen LogP contribution < -0.4 is 5.32 Å². The third-order valence-corrected chi connectivity index (χ3v) is 5.27. The summed E-state index contributed by atoms with van der Waals surface area (Å²) in [4.78, 5) is 0. The molecule has 4 unspecified atom stereocenters. The maximum absolute atomic E-state index is 3.89. The van der Waals surface area contributed by atoms with Crippen molar-refractivity contribution in [2.45, 2.75) is 31.7 Å². The van der Waals surface area contributed by atoms with Crippen LogP contribution in [0.5, 0.6) is 0 Å². The van der Waals surface area contributed by atoms with Crippen molar-refractivity contribution in [2.75, 3.05) is 6.54 Å². The standard InChI is InChI=1S/C18H23N/c1-2-4-14(5-3-1)18(15-8-9-15)19-12-17-11-13-6-7-16(17)10-13/h1-7,13,15-19H,8-12H2. The molecule has 1 aromatic carbocycles. The topological polar surface area (TPSA) is 12.0 Å². The van der Waals surface area contributed by atoms with E-state index in [2.05, 4.69) is 47.8 Å². The first-order valence-corrected chi connectivity index (χ1v) is 7.87. The summed E-state index contributed by atoms with van der Waals surface area (Å²) in [5.41, 5.74) is 1.49. The van der Waals surface area contributed by atoms with Gasteiger partial charge in [-0.3, -0.25) is 0 Å². The Hall–Kier alpha value is -1.08. The van der Waals surface area contributed by atoms with Gasteiger partial charge in [0.25, 0.3) is 0 Å². The molecule has 0 spiro atoms. The predicted molar refractivity (Wildman–Crippen MR) is 78.8 cm³/mol. The number of hydrogen-bond donors (Lipinski definition) is 1. The Morgan fingerprint density at radius 3 is 2.53 bits per heavy atom. The number of rotatable bonds is 5. The second-order valence-electron chi connectivity index (χ2n) is 6.67. The van der Waals surface area contributed by atoms with E-state index in [4.69, 9.17) is 0 Å². The monoisotopic (exact) mass is 253 g/mol. The van der Waals surface area contributed by atoms with Crippen molar-refractivity contribution in [1.82, 2.24) is 5.32 Å². The highest BCUT2D eigenvalue weighted by Crippen LogP contribution is 2.45. The highest BCUT2D eigenvalue weighted by atomic mass is 14.9. The molecule has 4 atom stereocenters. The zero-order valence-corrected chi connectivity index (χ0v) is 11.5. The molecule has 2 saturated carbocycles. The van der Waals surface area contributed by atoms with Crippen molar-refractivity contribution >= 4 is 0 Å². The maximum atomic E-state index is 3.89. The predicted octanol–water partition coefficient (Wildman–Crippen LogP) is 3.94. The Bertz CT molecular complexity index is 460. The molecule has 1 aromatic rings. The molecule has 2 bridgehead atoms. The quantitative estimate of drug-likeness (QED) is 0.784. The van der Waals surface area contributed by atoms with Crippen LogP contribution in [0.3, 0.4) is 0 Å². The van der Waals surface area contributed by atoms with E-state index in [9.17, 15) is 0 Å². The van der Waals surface area contributed by atoms with Crippen LogP contribution in [-0.2, 0) is 0 Å². The molecule has 2 fully saturated rings. The SMILES string of the molecule is C1=CC2CC1CC2CNC(c1ccccc1)C1CC1. The van der Waals surface area contributed by atoms with E-state index < -0.39 is 0 Å². The highest BCUT2D eigenvalue weighted by molar-refractivity contribution is 5.21. The maximum Gasteiger partial charge on any atom is 0.0348 e. The van der Waals surface area contributed by atoms with Crippen LogP contribution in [0.2, 0.25) is 0 Å². The van der Waals surface area contributed by atoms with E-state index in [1.807, 2.05) is 0 Å². The third kappa shape index (κ3) is 2.36. The van der Waals surface area contributed by atoms with Gasteiger partial charge in [-0.25, -0.2) is 0 Å². The van der Waals surface area contributed by atoms with Crippen LogP contribution in [0.1, 0.15) is 37.3 Å². The lowest BCUT2D eigenvalue weighted by Gasteiger charge is -2.24. The molecule has 3 aliphatic carbocycles. The molecule has 0 aliphatic heterocycles. The number of fused-ring (bicyclic) bond motifs is 2. The van der Waals surface area contributed by atoms with E-state index in [1.165, 1.54) is 37.8 Å². The van der Waals surface area contributed by atoms with Gasteiger partial charge in [-0.15, -0.1) is 0 Å². The Labute approximate surface area is 116 Å². The molecule has 1 N–H and O–H groups in total. The number of benzene rings is 1. The van der Waals surface area contributed by atoms with Gasteiger partial charge < -0.3 is 5.32 Å². The summed E-state index contributed by atoms with van der Waals surface area (Å²) in [5.74, 6) is 3.54. The zero-order chi connectivity index (χ0) is 12.7. The molecule has 0 saturated heterocycles. The molecule has 0 amide bonds. The average Bonchev–Trinajstić information content (AvgIpc) is 3.07. The third-order valence-electron chi connectivity index (χ3n) is 5.27. The second kappa shape index (κ2) is 4.79. The van der Waals surface area contributed by atoms with Crippen molar-refractivity contribution in [3.63, 3.8) is 0 Å². The van der Waals surface area contributed by atoms with Crippen molar-refractivity contribution in [1.29, 1.82) is 0 Å². The molecule has 0 radical (unpaired) electrons. The molecule has 0 aromatic heterocycles. The minimum Gasteiger partial charge on any atom is -0.309 e. The van der Waals surface area contributed by atoms with E-state index in [-0.39, 0.29) is 0 Å². The lowest BCUT2D eigenvalue weighted by atomic mass is 9.92. The molecular formula is C18H23N. The van der Waals surface area contributed by atoms with Gasteiger partial charge in [0.2, 0.25) is 0 Å². The Kier molecular flexibility index (Phi) is 2.96. The Morgan fingerprint density at radius 2 is 1.89 bits per heavy atom. The normalized spacial score (nSPS) is 33.8. The summed E-state index contributed by atoms with van der Waals surface area (Å²) >= 11 is 0. The van der Waals surface area contributed by atoms with E-state index in [0.29, 0.717) is 6.04 Å². The highest BCUT2D eigenvalue weighted by Gasteiger charge is 2.37. The van der Waals surface area contributed by atoms with Crippen LogP contribution in [0.25, 0.3) is 0 Å². The summed E-state index contributed by atoms with van der Waals surface area (Å²) in [6, 6.07) is 11.6. The van der Waals surface area contributed by atoms with Gasteiger partial charge in [0.1, 0.15) is 0 Å². The van der Waals surface area contributed by atoms with Gasteiger partial charge in [-0.05, 0) is 61.5 Å². The summed E-state index contributed by atoms with van der Waals surface area (Å²) in [7, 11) is 0. The first-order chi connectivity index (χ1) is 9.40.